The Morgan fingerprint density at radius 2 is 2.03 bits per heavy atom. The summed E-state index contributed by atoms with van der Waals surface area (Å²) in [6, 6.07) is 14.5. The van der Waals surface area contributed by atoms with Crippen LogP contribution >= 0.6 is 0 Å². The van der Waals surface area contributed by atoms with Crippen LogP contribution in [0.25, 0.3) is 11.0 Å². The molecular weight excluding hydrogens is 430 g/mol. The summed E-state index contributed by atoms with van der Waals surface area (Å²) < 4.78 is 34.7. The van der Waals surface area contributed by atoms with Gasteiger partial charge < -0.3 is 10.1 Å². The Morgan fingerprint density at radius 3 is 2.81 bits per heavy atom. The zero-order valence-corrected chi connectivity index (χ0v) is 18.8. The molecule has 1 atom stereocenters. The number of nitrogens with one attached hydrogen (secondary N) is 1. The van der Waals surface area contributed by atoms with Gasteiger partial charge in [0.25, 0.3) is 0 Å². The number of hydrogen-bond donors (Lipinski definition) is 1. The van der Waals surface area contributed by atoms with Crippen LogP contribution in [-0.2, 0) is 32.6 Å². The van der Waals surface area contributed by atoms with E-state index in [1.165, 1.54) is 4.31 Å². The highest BCUT2D eigenvalue weighted by Crippen LogP contribution is 2.26. The lowest BCUT2D eigenvalue weighted by Crippen LogP contribution is -2.45. The van der Waals surface area contributed by atoms with Crippen LogP contribution in [0, 0.1) is 5.92 Å². The third-order valence-corrected chi connectivity index (χ3v) is 7.56. The number of rotatable bonds is 8. The van der Waals surface area contributed by atoms with E-state index >= 15 is 0 Å². The summed E-state index contributed by atoms with van der Waals surface area (Å²) >= 11 is 0. The predicted octanol–water partition coefficient (Wildman–Crippen LogP) is 1.79. The number of carbonyl (C=O) groups excluding carboxylic acids is 1. The highest BCUT2D eigenvalue weighted by molar-refractivity contribution is 7.89. The average Bonchev–Trinajstić information content (AvgIpc) is 3.24. The number of nitrogens with zero attached hydrogens (tertiary/aromatic N) is 4. The molecular formula is C22H27N5O4S. The normalized spacial score (nSPS) is 17.5. The van der Waals surface area contributed by atoms with Crippen LogP contribution in [0.4, 0.5) is 0 Å². The highest BCUT2D eigenvalue weighted by Gasteiger charge is 2.33. The van der Waals surface area contributed by atoms with Gasteiger partial charge in [0.15, 0.2) is 0 Å². The molecule has 9 nitrogen and oxygen atoms in total. The maximum absolute atomic E-state index is 13.3. The lowest BCUT2D eigenvalue weighted by Gasteiger charge is -2.31. The van der Waals surface area contributed by atoms with Gasteiger partial charge in [-0.05, 0) is 36.6 Å². The molecule has 32 heavy (non-hydrogen) atoms. The summed E-state index contributed by atoms with van der Waals surface area (Å²) in [6.07, 6.45) is 1.30. The summed E-state index contributed by atoms with van der Waals surface area (Å²) in [4.78, 5) is 12.8. The minimum absolute atomic E-state index is 0.120. The van der Waals surface area contributed by atoms with Crippen LogP contribution in [0.2, 0.25) is 0 Å². The molecule has 1 fully saturated rings. The minimum atomic E-state index is -3.74. The zero-order chi connectivity index (χ0) is 22.6. The second-order valence-electron chi connectivity index (χ2n) is 7.86. The second-order valence-corrected chi connectivity index (χ2v) is 9.80. The molecule has 1 aromatic heterocycles. The maximum atomic E-state index is 13.3. The van der Waals surface area contributed by atoms with Gasteiger partial charge in [-0.25, -0.2) is 13.1 Å². The number of piperidine rings is 1. The van der Waals surface area contributed by atoms with Crippen molar-refractivity contribution in [3.63, 3.8) is 0 Å². The largest absolute Gasteiger partial charge is 0.383 e. The molecule has 0 aliphatic carbocycles. The van der Waals surface area contributed by atoms with Crippen molar-refractivity contribution in [2.45, 2.75) is 30.8 Å². The smallest absolute Gasteiger partial charge is 0.243 e. The van der Waals surface area contributed by atoms with Crippen molar-refractivity contribution in [3.05, 3.63) is 54.1 Å². The van der Waals surface area contributed by atoms with Gasteiger partial charge in [0.1, 0.15) is 5.52 Å². The molecule has 1 aliphatic rings. The Morgan fingerprint density at radius 1 is 1.22 bits per heavy atom. The van der Waals surface area contributed by atoms with Gasteiger partial charge in [-0.3, -0.25) is 4.79 Å². The first-order chi connectivity index (χ1) is 15.5. The topological polar surface area (TPSA) is 106 Å². The molecule has 1 amide bonds. The lowest BCUT2D eigenvalue weighted by molar-refractivity contribution is -0.126. The van der Waals surface area contributed by atoms with E-state index in [-0.39, 0.29) is 23.3 Å². The molecule has 1 aliphatic heterocycles. The van der Waals surface area contributed by atoms with E-state index in [4.69, 9.17) is 4.74 Å². The molecule has 4 rings (SSSR count). The Labute approximate surface area is 187 Å². The van der Waals surface area contributed by atoms with E-state index in [1.54, 1.807) is 30.0 Å². The number of hydrogen-bond acceptors (Lipinski definition) is 6. The summed E-state index contributed by atoms with van der Waals surface area (Å²) in [5, 5.41) is 11.1. The number of amides is 1. The third kappa shape index (κ3) is 4.82. The van der Waals surface area contributed by atoms with Crippen LogP contribution in [-0.4, -0.2) is 60.4 Å². The average molecular weight is 458 g/mol. The number of aromatic nitrogens is 3. The SMILES string of the molecule is COCCn1nnc2cc(S(=O)(=O)N3CCCC(C(=O)NCc4ccccc4)C3)ccc21. The standard InChI is InChI=1S/C22H27N5O4S/c1-31-13-12-27-21-10-9-19(14-20(21)24-25-27)32(29,30)26-11-5-8-18(16-26)22(28)23-15-17-6-3-2-4-7-17/h2-4,6-7,9-10,14,18H,5,8,11-13,15-16H2,1H3,(H,23,28). The van der Waals surface area contributed by atoms with Gasteiger partial charge in [-0.2, -0.15) is 4.31 Å². The van der Waals surface area contributed by atoms with Gasteiger partial charge in [-0.15, -0.1) is 5.10 Å². The van der Waals surface area contributed by atoms with Crippen molar-refractivity contribution in [2.75, 3.05) is 26.8 Å². The van der Waals surface area contributed by atoms with Crippen LogP contribution in [0.5, 0.6) is 0 Å². The lowest BCUT2D eigenvalue weighted by atomic mass is 9.99. The second kappa shape index (κ2) is 9.76. The molecule has 1 saturated heterocycles. The predicted molar refractivity (Wildman–Crippen MR) is 119 cm³/mol. The summed E-state index contributed by atoms with van der Waals surface area (Å²) in [5.41, 5.74) is 2.27. The van der Waals surface area contributed by atoms with Gasteiger partial charge in [0, 0.05) is 26.7 Å². The number of methoxy groups -OCH3 is 1. The Kier molecular flexibility index (Phi) is 6.83. The van der Waals surface area contributed by atoms with E-state index in [0.717, 1.165) is 11.1 Å². The molecule has 170 valence electrons. The van der Waals surface area contributed by atoms with Crippen molar-refractivity contribution in [2.24, 2.45) is 5.92 Å². The molecule has 1 N–H and O–H groups in total. The molecule has 0 spiro atoms. The first kappa shape index (κ1) is 22.4. The van der Waals surface area contributed by atoms with Crippen LogP contribution in [0.15, 0.2) is 53.4 Å². The third-order valence-electron chi connectivity index (χ3n) is 5.69. The summed E-state index contributed by atoms with van der Waals surface area (Å²) in [5.74, 6) is -0.494. The van der Waals surface area contributed by atoms with Gasteiger partial charge >= 0.3 is 0 Å². The molecule has 0 saturated carbocycles. The highest BCUT2D eigenvalue weighted by atomic mass is 32.2. The fraction of sp³-hybridized carbons (Fsp3) is 0.409. The van der Waals surface area contributed by atoms with E-state index in [1.807, 2.05) is 30.3 Å². The Hall–Kier alpha value is -2.82. The number of benzene rings is 2. The molecule has 1 unspecified atom stereocenters. The fourth-order valence-corrected chi connectivity index (χ4v) is 5.45. The van der Waals surface area contributed by atoms with E-state index in [2.05, 4.69) is 15.6 Å². The molecule has 0 radical (unpaired) electrons. The summed E-state index contributed by atoms with van der Waals surface area (Å²) in [6.45, 7) is 2.01. The van der Waals surface area contributed by atoms with E-state index in [0.29, 0.717) is 44.6 Å². The quantitative estimate of drug-likeness (QED) is 0.553. The Balaban J connectivity index is 1.45. The Bertz CT molecular complexity index is 1180. The first-order valence-corrected chi connectivity index (χ1v) is 12.1. The van der Waals surface area contributed by atoms with Crippen molar-refractivity contribution in [1.29, 1.82) is 0 Å². The van der Waals surface area contributed by atoms with Crippen molar-refractivity contribution >= 4 is 27.0 Å². The fourth-order valence-electron chi connectivity index (χ4n) is 3.91. The van der Waals surface area contributed by atoms with E-state index < -0.39 is 10.0 Å². The van der Waals surface area contributed by atoms with Crippen LogP contribution in [0.3, 0.4) is 0 Å². The van der Waals surface area contributed by atoms with E-state index in [9.17, 15) is 13.2 Å². The van der Waals surface area contributed by atoms with Gasteiger partial charge in [0.2, 0.25) is 15.9 Å². The molecule has 2 heterocycles. The van der Waals surface area contributed by atoms with Crippen molar-refractivity contribution in [1.82, 2.24) is 24.6 Å². The number of ether oxygens (including phenoxy) is 1. The maximum Gasteiger partial charge on any atom is 0.243 e. The van der Waals surface area contributed by atoms with Crippen molar-refractivity contribution in [3.8, 4) is 0 Å². The van der Waals surface area contributed by atoms with Crippen molar-refractivity contribution < 1.29 is 17.9 Å². The summed E-state index contributed by atoms with van der Waals surface area (Å²) in [7, 11) is -2.13. The number of fused-ring (bicyclic) bond motifs is 1. The first-order valence-electron chi connectivity index (χ1n) is 10.6. The number of carbonyl (C=O) groups is 1. The van der Waals surface area contributed by atoms with Crippen LogP contribution < -0.4 is 5.32 Å². The minimum Gasteiger partial charge on any atom is -0.383 e. The molecule has 3 aromatic rings. The molecule has 2 aromatic carbocycles. The zero-order valence-electron chi connectivity index (χ0n) is 18.0. The van der Waals surface area contributed by atoms with Crippen LogP contribution in [0.1, 0.15) is 18.4 Å². The van der Waals surface area contributed by atoms with Gasteiger partial charge in [-0.1, -0.05) is 35.5 Å². The van der Waals surface area contributed by atoms with Gasteiger partial charge in [0.05, 0.1) is 29.5 Å². The number of sulfonamides is 1. The molecule has 0 bridgehead atoms. The monoisotopic (exact) mass is 457 g/mol. The molecule has 10 heteroatoms.